The molecular weight excluding hydrogens is 365 g/mol. The van der Waals surface area contributed by atoms with Gasteiger partial charge < -0.3 is 5.73 Å². The Labute approximate surface area is 146 Å². The van der Waals surface area contributed by atoms with Crippen LogP contribution in [0, 0.1) is 17.0 Å². The van der Waals surface area contributed by atoms with Crippen LogP contribution in [0.5, 0.6) is 0 Å². The van der Waals surface area contributed by atoms with Gasteiger partial charge in [0.1, 0.15) is 0 Å². The maximum atomic E-state index is 12.8. The minimum atomic E-state index is -3.85. The summed E-state index contributed by atoms with van der Waals surface area (Å²) >= 11 is 5.97. The summed E-state index contributed by atoms with van der Waals surface area (Å²) in [4.78, 5) is 10.3. The molecule has 10 heteroatoms. The second kappa shape index (κ2) is 7.76. The quantitative estimate of drug-likeness (QED) is 0.634. The van der Waals surface area contributed by atoms with Crippen LogP contribution in [0.15, 0.2) is 17.0 Å². The van der Waals surface area contributed by atoms with Gasteiger partial charge in [0.2, 0.25) is 10.0 Å². The normalized spacial score (nSPS) is 19.2. The molecule has 0 bridgehead atoms. The van der Waals surface area contributed by atoms with Gasteiger partial charge in [-0.2, -0.15) is 4.31 Å². The first-order valence-electron chi connectivity index (χ1n) is 6.95. The number of hydrogen-bond donors (Lipinski definition) is 1. The van der Waals surface area contributed by atoms with E-state index >= 15 is 0 Å². The molecule has 0 saturated carbocycles. The molecule has 0 aromatic heterocycles. The van der Waals surface area contributed by atoms with Crippen molar-refractivity contribution >= 4 is 39.7 Å². The van der Waals surface area contributed by atoms with E-state index in [4.69, 9.17) is 17.3 Å². The van der Waals surface area contributed by atoms with Crippen molar-refractivity contribution in [1.82, 2.24) is 4.31 Å². The molecule has 23 heavy (non-hydrogen) atoms. The highest BCUT2D eigenvalue weighted by Gasteiger charge is 2.34. The van der Waals surface area contributed by atoms with Crippen molar-refractivity contribution in [2.75, 3.05) is 13.1 Å². The summed E-state index contributed by atoms with van der Waals surface area (Å²) in [6.07, 6.45) is 2.36. The molecule has 0 aliphatic carbocycles. The maximum Gasteiger partial charge on any atom is 0.275 e. The molecule has 1 heterocycles. The summed E-state index contributed by atoms with van der Waals surface area (Å²) in [5.74, 6) is 0. The third kappa shape index (κ3) is 3.95. The molecule has 1 unspecified atom stereocenters. The van der Waals surface area contributed by atoms with Crippen LogP contribution in [-0.2, 0) is 10.0 Å². The van der Waals surface area contributed by atoms with Crippen LogP contribution < -0.4 is 5.73 Å². The summed E-state index contributed by atoms with van der Waals surface area (Å²) in [5, 5.41) is 11.1. The predicted octanol–water partition coefficient (Wildman–Crippen LogP) is 2.48. The molecule has 1 aromatic rings. The molecule has 2 N–H and O–H groups in total. The van der Waals surface area contributed by atoms with Crippen LogP contribution in [0.25, 0.3) is 0 Å². The average molecular weight is 384 g/mol. The number of halogens is 2. The van der Waals surface area contributed by atoms with Crippen molar-refractivity contribution < 1.29 is 13.3 Å². The van der Waals surface area contributed by atoms with Crippen molar-refractivity contribution in [2.24, 2.45) is 5.73 Å². The van der Waals surface area contributed by atoms with Gasteiger partial charge >= 0.3 is 0 Å². The summed E-state index contributed by atoms with van der Waals surface area (Å²) in [6.45, 7) is 2.07. The zero-order valence-corrected chi connectivity index (χ0v) is 15.0. The summed E-state index contributed by atoms with van der Waals surface area (Å²) in [7, 11) is -3.85. The van der Waals surface area contributed by atoms with E-state index in [2.05, 4.69) is 0 Å². The third-order valence-corrected chi connectivity index (χ3v) is 6.26. The molecule has 1 aliphatic rings. The van der Waals surface area contributed by atoms with E-state index in [-0.39, 0.29) is 46.2 Å². The Kier molecular flexibility index (Phi) is 6.79. The smallest absolute Gasteiger partial charge is 0.275 e. The first-order chi connectivity index (χ1) is 10.3. The van der Waals surface area contributed by atoms with E-state index < -0.39 is 14.9 Å². The first-order valence-corrected chi connectivity index (χ1v) is 8.77. The van der Waals surface area contributed by atoms with Crippen LogP contribution in [-0.4, -0.2) is 36.8 Å². The molecule has 130 valence electrons. The lowest BCUT2D eigenvalue weighted by Crippen LogP contribution is -2.47. The van der Waals surface area contributed by atoms with Crippen molar-refractivity contribution in [3.8, 4) is 0 Å². The van der Waals surface area contributed by atoms with Crippen molar-refractivity contribution in [3.63, 3.8) is 0 Å². The Morgan fingerprint density at radius 2 is 2.09 bits per heavy atom. The van der Waals surface area contributed by atoms with E-state index in [1.807, 2.05) is 0 Å². The van der Waals surface area contributed by atoms with Crippen LogP contribution in [0.2, 0.25) is 5.02 Å². The standard InChI is InChI=1S/C13H18ClN3O4S.ClH/c1-9-12(14)6-11(7-13(9)17(18)19)22(20,21)16-5-3-2-4-10(16)8-15;/h6-7,10H,2-5,8,15H2,1H3;1H. The van der Waals surface area contributed by atoms with Gasteiger partial charge in [0, 0.05) is 30.8 Å². The Balaban J connectivity index is 0.00000264. The zero-order chi connectivity index (χ0) is 16.5. The Morgan fingerprint density at radius 3 is 2.65 bits per heavy atom. The number of nitrogens with zero attached hydrogens (tertiary/aromatic N) is 2. The zero-order valence-electron chi connectivity index (χ0n) is 12.6. The second-order valence-electron chi connectivity index (χ2n) is 5.31. The SMILES string of the molecule is Cc1c(Cl)cc(S(=O)(=O)N2CCCCC2CN)cc1[N+](=O)[O-].Cl. The molecule has 1 saturated heterocycles. The topological polar surface area (TPSA) is 107 Å². The Bertz CT molecular complexity index is 697. The average Bonchev–Trinajstić information content (AvgIpc) is 2.49. The van der Waals surface area contributed by atoms with Gasteiger partial charge in [-0.1, -0.05) is 18.0 Å². The number of nitro groups is 1. The number of rotatable bonds is 4. The van der Waals surface area contributed by atoms with Gasteiger partial charge in [-0.15, -0.1) is 12.4 Å². The van der Waals surface area contributed by atoms with Gasteiger partial charge in [0.05, 0.1) is 14.8 Å². The number of nitrogens with two attached hydrogens (primary N) is 1. The monoisotopic (exact) mass is 383 g/mol. The molecular formula is C13H19Cl2N3O4S. The summed E-state index contributed by atoms with van der Waals surface area (Å²) < 4.78 is 26.9. The summed E-state index contributed by atoms with van der Waals surface area (Å²) in [5.41, 5.74) is 5.61. The fourth-order valence-electron chi connectivity index (χ4n) is 2.64. The fraction of sp³-hybridized carbons (Fsp3) is 0.538. The van der Waals surface area contributed by atoms with Crippen molar-refractivity contribution in [2.45, 2.75) is 37.1 Å². The van der Waals surface area contributed by atoms with E-state index in [1.165, 1.54) is 17.3 Å². The molecule has 2 rings (SSSR count). The third-order valence-electron chi connectivity index (χ3n) is 3.94. The van der Waals surface area contributed by atoms with Gasteiger partial charge in [0.15, 0.2) is 0 Å². The minimum absolute atomic E-state index is 0. The minimum Gasteiger partial charge on any atom is -0.329 e. The van der Waals surface area contributed by atoms with Crippen molar-refractivity contribution in [3.05, 3.63) is 32.8 Å². The molecule has 1 fully saturated rings. The van der Waals surface area contributed by atoms with Crippen LogP contribution in [0.1, 0.15) is 24.8 Å². The molecule has 1 aromatic carbocycles. The molecule has 0 radical (unpaired) electrons. The number of sulfonamides is 1. The Morgan fingerprint density at radius 1 is 1.43 bits per heavy atom. The lowest BCUT2D eigenvalue weighted by atomic mass is 10.1. The fourth-order valence-corrected chi connectivity index (χ4v) is 4.67. The van der Waals surface area contributed by atoms with Gasteiger partial charge in [-0.25, -0.2) is 8.42 Å². The maximum absolute atomic E-state index is 12.8. The number of hydrogen-bond acceptors (Lipinski definition) is 5. The first kappa shape index (κ1) is 20.1. The lowest BCUT2D eigenvalue weighted by Gasteiger charge is -2.33. The molecule has 1 atom stereocenters. The van der Waals surface area contributed by atoms with E-state index in [9.17, 15) is 18.5 Å². The van der Waals surface area contributed by atoms with E-state index in [1.54, 1.807) is 0 Å². The molecule has 0 spiro atoms. The van der Waals surface area contributed by atoms with Gasteiger partial charge in [-0.05, 0) is 25.8 Å². The van der Waals surface area contributed by atoms with Crippen LogP contribution in [0.3, 0.4) is 0 Å². The summed E-state index contributed by atoms with van der Waals surface area (Å²) in [6, 6.07) is 2.05. The molecule has 7 nitrogen and oxygen atoms in total. The molecule has 0 amide bonds. The van der Waals surface area contributed by atoms with Gasteiger partial charge in [0.25, 0.3) is 5.69 Å². The number of benzene rings is 1. The van der Waals surface area contributed by atoms with Gasteiger partial charge in [-0.3, -0.25) is 10.1 Å². The predicted molar refractivity (Wildman–Crippen MR) is 90.7 cm³/mol. The highest BCUT2D eigenvalue weighted by Crippen LogP contribution is 2.32. The van der Waals surface area contributed by atoms with E-state index in [0.29, 0.717) is 13.0 Å². The van der Waals surface area contributed by atoms with Crippen LogP contribution in [0.4, 0.5) is 5.69 Å². The van der Waals surface area contributed by atoms with Crippen molar-refractivity contribution in [1.29, 1.82) is 0 Å². The highest BCUT2D eigenvalue weighted by molar-refractivity contribution is 7.89. The number of nitro benzene ring substituents is 1. The molecule has 1 aliphatic heterocycles. The van der Waals surface area contributed by atoms with E-state index in [0.717, 1.165) is 18.9 Å². The lowest BCUT2D eigenvalue weighted by molar-refractivity contribution is -0.385. The van der Waals surface area contributed by atoms with Crippen LogP contribution >= 0.6 is 24.0 Å². The Hall–Kier alpha value is -0.930. The second-order valence-corrected chi connectivity index (χ2v) is 7.61. The largest absolute Gasteiger partial charge is 0.329 e. The highest BCUT2D eigenvalue weighted by atomic mass is 35.5. The number of piperidine rings is 1.